The molecule has 0 amide bonds. The molecule has 0 spiro atoms. The van der Waals surface area contributed by atoms with Crippen LogP contribution in [0.25, 0.3) is 0 Å². The molecule has 136 valence electrons. The molecular weight excluding hydrogens is 322 g/mol. The molecule has 1 rings (SSSR count). The highest BCUT2D eigenvalue weighted by molar-refractivity contribution is 6.74. The molecule has 24 heavy (non-hydrogen) atoms. The second kappa shape index (κ2) is 7.33. The zero-order valence-corrected chi connectivity index (χ0v) is 17.7. The Morgan fingerprint density at radius 2 is 1.67 bits per heavy atom. The largest absolute Gasteiger partial charge is 0.525 e. The van der Waals surface area contributed by atoms with Crippen molar-refractivity contribution in [2.45, 2.75) is 84.2 Å². The molecule has 1 aliphatic rings. The van der Waals surface area contributed by atoms with Gasteiger partial charge in [-0.05, 0) is 45.8 Å². The van der Waals surface area contributed by atoms with E-state index < -0.39 is 32.4 Å². The molecule has 0 atom stereocenters. The maximum atomic E-state index is 14.1. The van der Waals surface area contributed by atoms with E-state index in [2.05, 4.69) is 45.7 Å². The van der Waals surface area contributed by atoms with E-state index in [4.69, 9.17) is 13.7 Å². The van der Waals surface area contributed by atoms with E-state index in [1.807, 2.05) is 27.7 Å². The predicted octanol–water partition coefficient (Wildman–Crippen LogP) is 4.89. The summed E-state index contributed by atoms with van der Waals surface area (Å²) in [6.07, 6.45) is 1.81. The van der Waals surface area contributed by atoms with Crippen LogP contribution in [0.3, 0.4) is 0 Å². The number of allylic oxidation sites excluding steroid dienone is 1. The maximum absolute atomic E-state index is 14.1. The van der Waals surface area contributed by atoms with E-state index in [1.54, 1.807) is 0 Å². The minimum absolute atomic E-state index is 0.184. The summed E-state index contributed by atoms with van der Waals surface area (Å²) in [5.41, 5.74) is -1.59. The topological polar surface area (TPSA) is 27.7 Å². The molecule has 1 saturated heterocycles. The zero-order valence-electron chi connectivity index (χ0n) is 16.7. The van der Waals surface area contributed by atoms with E-state index >= 15 is 0 Å². The molecule has 0 aromatic rings. The summed E-state index contributed by atoms with van der Waals surface area (Å²) in [6, 6.07) is 0. The first-order valence-corrected chi connectivity index (χ1v) is 11.4. The fourth-order valence-corrected chi connectivity index (χ4v) is 2.83. The van der Waals surface area contributed by atoms with Crippen LogP contribution >= 0.6 is 0 Å². The summed E-state index contributed by atoms with van der Waals surface area (Å²) < 4.78 is 31.4. The number of rotatable bonds is 4. The van der Waals surface area contributed by atoms with Gasteiger partial charge in [-0.15, -0.1) is 0 Å². The van der Waals surface area contributed by atoms with Crippen molar-refractivity contribution in [1.82, 2.24) is 0 Å². The fourth-order valence-electron chi connectivity index (χ4n) is 1.79. The minimum atomic E-state index is -1.74. The molecule has 0 aromatic carbocycles. The number of hydrogen-bond donors (Lipinski definition) is 0. The third-order valence-electron chi connectivity index (χ3n) is 5.29. The SMILES string of the molecule is CC1(C)OB(C(F)=CC#CCCO[Si](C)(C)C(C)(C)C)OC1(C)C. The summed E-state index contributed by atoms with van der Waals surface area (Å²) in [5, 5.41) is 0.184. The van der Waals surface area contributed by atoms with Crippen LogP contribution < -0.4 is 0 Å². The Balaban J connectivity index is 2.50. The fraction of sp³-hybridized carbons (Fsp3) is 0.778. The van der Waals surface area contributed by atoms with Gasteiger partial charge >= 0.3 is 7.12 Å². The Labute approximate surface area is 148 Å². The lowest BCUT2D eigenvalue weighted by atomic mass is 9.88. The highest BCUT2D eigenvalue weighted by atomic mass is 28.4. The van der Waals surface area contributed by atoms with Crippen molar-refractivity contribution in [3.63, 3.8) is 0 Å². The average Bonchev–Trinajstić information content (AvgIpc) is 2.61. The molecule has 1 heterocycles. The summed E-state index contributed by atoms with van der Waals surface area (Å²) in [4.78, 5) is 0. The highest BCUT2D eigenvalue weighted by Gasteiger charge is 2.53. The molecule has 0 aromatic heterocycles. The van der Waals surface area contributed by atoms with Crippen LogP contribution in [-0.4, -0.2) is 33.2 Å². The molecule has 0 saturated carbocycles. The van der Waals surface area contributed by atoms with Crippen LogP contribution in [0.1, 0.15) is 54.9 Å². The van der Waals surface area contributed by atoms with Crippen molar-refractivity contribution in [3.8, 4) is 11.8 Å². The van der Waals surface area contributed by atoms with Crippen molar-refractivity contribution >= 4 is 15.4 Å². The third kappa shape index (κ3) is 5.19. The van der Waals surface area contributed by atoms with Gasteiger partial charge < -0.3 is 13.7 Å². The second-order valence-electron chi connectivity index (χ2n) is 8.80. The molecule has 0 bridgehead atoms. The Bertz CT molecular complexity index is 523. The molecule has 0 unspecified atom stereocenters. The van der Waals surface area contributed by atoms with Gasteiger partial charge in [0.05, 0.1) is 11.2 Å². The van der Waals surface area contributed by atoms with Gasteiger partial charge in [-0.1, -0.05) is 32.6 Å². The van der Waals surface area contributed by atoms with Crippen molar-refractivity contribution in [2.24, 2.45) is 0 Å². The van der Waals surface area contributed by atoms with E-state index in [1.165, 1.54) is 6.08 Å². The Morgan fingerprint density at radius 1 is 1.17 bits per heavy atom. The number of halogens is 1. The molecule has 0 radical (unpaired) electrons. The standard InChI is InChI=1S/C18H32BFO3Si/c1-16(2,3)24(8,9)21-14-12-10-11-13-15(20)19-22-17(4,5)18(6,7)23-19/h13H,12,14H2,1-9H3. The molecule has 1 fully saturated rings. The molecule has 6 heteroatoms. The first-order valence-electron chi connectivity index (χ1n) is 8.53. The van der Waals surface area contributed by atoms with Gasteiger partial charge in [-0.2, -0.15) is 0 Å². The second-order valence-corrected chi connectivity index (χ2v) is 13.6. The van der Waals surface area contributed by atoms with Crippen LogP contribution in [0.4, 0.5) is 4.39 Å². The minimum Gasteiger partial charge on any atom is -0.416 e. The van der Waals surface area contributed by atoms with Crippen LogP contribution in [0, 0.1) is 11.8 Å². The first kappa shape index (κ1) is 21.4. The van der Waals surface area contributed by atoms with Crippen LogP contribution in [0.15, 0.2) is 11.8 Å². The van der Waals surface area contributed by atoms with E-state index in [0.717, 1.165) is 0 Å². The normalized spacial score (nSPS) is 20.8. The van der Waals surface area contributed by atoms with Gasteiger partial charge in [0.1, 0.15) is 5.73 Å². The molecule has 1 aliphatic heterocycles. The smallest absolute Gasteiger partial charge is 0.416 e. The summed E-state index contributed by atoms with van der Waals surface area (Å²) >= 11 is 0. The van der Waals surface area contributed by atoms with Gasteiger partial charge in [0.2, 0.25) is 0 Å². The molecule has 0 N–H and O–H groups in total. The molecule has 0 aliphatic carbocycles. The van der Waals surface area contributed by atoms with Crippen molar-refractivity contribution in [2.75, 3.05) is 6.61 Å². The predicted molar refractivity (Wildman–Crippen MR) is 101 cm³/mol. The highest BCUT2D eigenvalue weighted by Crippen LogP contribution is 2.38. The Hall–Kier alpha value is -0.608. The van der Waals surface area contributed by atoms with E-state index in [-0.39, 0.29) is 5.04 Å². The monoisotopic (exact) mass is 354 g/mol. The number of hydrogen-bond acceptors (Lipinski definition) is 3. The quantitative estimate of drug-likeness (QED) is 0.409. The summed E-state index contributed by atoms with van der Waals surface area (Å²) in [6.45, 7) is 19.2. The lowest BCUT2D eigenvalue weighted by Crippen LogP contribution is -2.41. The third-order valence-corrected chi connectivity index (χ3v) is 9.82. The van der Waals surface area contributed by atoms with Gasteiger partial charge in [0.25, 0.3) is 0 Å². The lowest BCUT2D eigenvalue weighted by molar-refractivity contribution is 0.00578. The van der Waals surface area contributed by atoms with Crippen molar-refractivity contribution in [3.05, 3.63) is 11.8 Å². The van der Waals surface area contributed by atoms with Crippen molar-refractivity contribution in [1.29, 1.82) is 0 Å². The lowest BCUT2D eigenvalue weighted by Gasteiger charge is -2.35. The van der Waals surface area contributed by atoms with Crippen LogP contribution in [0.2, 0.25) is 18.1 Å². The Morgan fingerprint density at radius 3 is 2.12 bits per heavy atom. The van der Waals surface area contributed by atoms with Gasteiger partial charge in [0, 0.05) is 19.1 Å². The summed E-state index contributed by atoms with van der Waals surface area (Å²) in [7, 11) is -2.72. The van der Waals surface area contributed by atoms with Crippen LogP contribution in [-0.2, 0) is 13.7 Å². The molecular formula is C18H32BFO3Si. The van der Waals surface area contributed by atoms with Crippen molar-refractivity contribution < 1.29 is 18.1 Å². The van der Waals surface area contributed by atoms with Gasteiger partial charge in [-0.25, -0.2) is 4.39 Å². The first-order chi connectivity index (χ1) is 10.7. The maximum Gasteiger partial charge on any atom is 0.525 e. The van der Waals surface area contributed by atoms with Gasteiger partial charge in [-0.3, -0.25) is 0 Å². The van der Waals surface area contributed by atoms with E-state index in [9.17, 15) is 4.39 Å². The average molecular weight is 354 g/mol. The zero-order chi connectivity index (χ0) is 18.8. The summed E-state index contributed by atoms with van der Waals surface area (Å²) in [5.74, 6) is 5.66. The van der Waals surface area contributed by atoms with Crippen LogP contribution in [0.5, 0.6) is 0 Å². The Kier molecular flexibility index (Phi) is 6.55. The van der Waals surface area contributed by atoms with Gasteiger partial charge in [0.15, 0.2) is 8.32 Å². The molecule has 3 nitrogen and oxygen atoms in total. The van der Waals surface area contributed by atoms with E-state index in [0.29, 0.717) is 13.0 Å².